The van der Waals surface area contributed by atoms with Gasteiger partial charge in [0.1, 0.15) is 0 Å². The van der Waals surface area contributed by atoms with Crippen molar-refractivity contribution in [2.24, 2.45) is 0 Å². The first-order chi connectivity index (χ1) is 13.8. The van der Waals surface area contributed by atoms with Crippen molar-refractivity contribution in [3.63, 3.8) is 0 Å². The molecule has 9 heteroatoms. The molecule has 0 radical (unpaired) electrons. The van der Waals surface area contributed by atoms with E-state index in [4.69, 9.17) is 34.8 Å². The Kier molecular flexibility index (Phi) is 6.09. The van der Waals surface area contributed by atoms with Gasteiger partial charge in [-0.05, 0) is 52.3 Å². The summed E-state index contributed by atoms with van der Waals surface area (Å²) < 4.78 is 0.719. The van der Waals surface area contributed by atoms with Crippen molar-refractivity contribution < 1.29 is 9.59 Å². The second-order valence-corrected chi connectivity index (χ2v) is 9.08. The molecule has 2 amide bonds. The third-order valence-corrected chi connectivity index (χ3v) is 7.28. The number of hydrogen-bond donors (Lipinski definition) is 0. The van der Waals surface area contributed by atoms with Crippen LogP contribution in [0, 0.1) is 0 Å². The van der Waals surface area contributed by atoms with Crippen LogP contribution in [0.3, 0.4) is 0 Å². The topological polar surface area (TPSA) is 43.9 Å². The molecule has 0 bridgehead atoms. The fourth-order valence-electron chi connectivity index (χ4n) is 3.77. The highest BCUT2D eigenvalue weighted by Crippen LogP contribution is 2.32. The number of imide groups is 1. The third-order valence-electron chi connectivity index (χ3n) is 5.31. The first-order valence-electron chi connectivity index (χ1n) is 9.11. The number of benzene rings is 2. The van der Waals surface area contributed by atoms with E-state index in [1.165, 1.54) is 4.90 Å². The number of piperazine rings is 1. The van der Waals surface area contributed by atoms with E-state index < -0.39 is 6.04 Å². The van der Waals surface area contributed by atoms with E-state index in [-0.39, 0.29) is 18.2 Å². The lowest BCUT2D eigenvalue weighted by molar-refractivity contribution is -0.123. The zero-order valence-corrected chi connectivity index (χ0v) is 19.1. The maximum absolute atomic E-state index is 13.0. The van der Waals surface area contributed by atoms with Crippen molar-refractivity contribution in [3.8, 4) is 0 Å². The molecule has 0 spiro atoms. The SMILES string of the molecule is O=C1C[C@H](N2CCN(c3ccc(Cl)c(Cl)c3)CC2)C(=O)N1c1ccc(Br)c(Cl)c1. The van der Waals surface area contributed by atoms with Crippen molar-refractivity contribution >= 4 is 73.9 Å². The Morgan fingerprint density at radius 1 is 0.828 bits per heavy atom. The minimum absolute atomic E-state index is 0.180. The molecule has 2 heterocycles. The van der Waals surface area contributed by atoms with Gasteiger partial charge in [0.2, 0.25) is 5.91 Å². The summed E-state index contributed by atoms with van der Waals surface area (Å²) in [6.45, 7) is 2.83. The third kappa shape index (κ3) is 4.14. The van der Waals surface area contributed by atoms with Crippen LogP contribution in [0.5, 0.6) is 0 Å². The molecule has 1 atom stereocenters. The first kappa shape index (κ1) is 20.9. The highest BCUT2D eigenvalue weighted by molar-refractivity contribution is 9.10. The van der Waals surface area contributed by atoms with Gasteiger partial charge in [0.25, 0.3) is 5.91 Å². The molecule has 0 aliphatic carbocycles. The lowest BCUT2D eigenvalue weighted by Crippen LogP contribution is -2.52. The number of rotatable bonds is 3. The van der Waals surface area contributed by atoms with E-state index in [2.05, 4.69) is 25.7 Å². The molecular weight excluding hydrogens is 501 g/mol. The normalized spacial score (nSPS) is 20.6. The number of carbonyl (C=O) groups excluding carboxylic acids is 2. The predicted molar refractivity (Wildman–Crippen MR) is 120 cm³/mol. The Morgan fingerprint density at radius 2 is 1.48 bits per heavy atom. The average molecular weight is 518 g/mol. The van der Waals surface area contributed by atoms with Crippen LogP contribution < -0.4 is 9.80 Å². The smallest absolute Gasteiger partial charge is 0.251 e. The molecule has 0 unspecified atom stereocenters. The molecule has 2 fully saturated rings. The fourth-order valence-corrected chi connectivity index (χ4v) is 4.48. The number of nitrogens with zero attached hydrogens (tertiary/aromatic N) is 3. The van der Waals surface area contributed by atoms with Crippen LogP contribution in [0.2, 0.25) is 15.1 Å². The minimum atomic E-state index is -0.444. The van der Waals surface area contributed by atoms with Gasteiger partial charge in [-0.25, -0.2) is 4.90 Å². The van der Waals surface area contributed by atoms with Gasteiger partial charge in [-0.1, -0.05) is 34.8 Å². The molecule has 0 aromatic heterocycles. The summed E-state index contributed by atoms with van der Waals surface area (Å²) in [4.78, 5) is 31.1. The molecule has 2 aromatic rings. The average Bonchev–Trinajstić information content (AvgIpc) is 3.00. The van der Waals surface area contributed by atoms with Gasteiger partial charge in [-0.2, -0.15) is 0 Å². The molecule has 4 rings (SSSR count). The van der Waals surface area contributed by atoms with Crippen LogP contribution in [0.15, 0.2) is 40.9 Å². The summed E-state index contributed by atoms with van der Waals surface area (Å²) in [5.41, 5.74) is 1.50. The molecule has 2 aliphatic rings. The molecule has 152 valence electrons. The molecule has 2 saturated heterocycles. The van der Waals surface area contributed by atoms with Crippen LogP contribution in [0.1, 0.15) is 6.42 Å². The maximum atomic E-state index is 13.0. The zero-order valence-electron chi connectivity index (χ0n) is 15.2. The number of halogens is 4. The molecule has 29 heavy (non-hydrogen) atoms. The molecule has 0 N–H and O–H groups in total. The zero-order chi connectivity index (χ0) is 20.7. The van der Waals surface area contributed by atoms with Crippen molar-refractivity contribution in [1.82, 2.24) is 4.90 Å². The van der Waals surface area contributed by atoms with E-state index in [1.54, 1.807) is 24.3 Å². The Morgan fingerprint density at radius 3 is 2.14 bits per heavy atom. The summed E-state index contributed by atoms with van der Waals surface area (Å²) >= 11 is 21.6. The summed E-state index contributed by atoms with van der Waals surface area (Å²) in [5, 5.41) is 1.51. The van der Waals surface area contributed by atoms with Crippen molar-refractivity contribution in [2.45, 2.75) is 12.5 Å². The Labute approximate surface area is 192 Å². The van der Waals surface area contributed by atoms with E-state index in [0.717, 1.165) is 23.2 Å². The molecule has 5 nitrogen and oxygen atoms in total. The highest BCUT2D eigenvalue weighted by Gasteiger charge is 2.43. The lowest BCUT2D eigenvalue weighted by Gasteiger charge is -2.38. The quantitative estimate of drug-likeness (QED) is 0.546. The van der Waals surface area contributed by atoms with Crippen LogP contribution in [-0.2, 0) is 9.59 Å². The largest absolute Gasteiger partial charge is 0.369 e. The van der Waals surface area contributed by atoms with Gasteiger partial charge in [0, 0.05) is 36.3 Å². The van der Waals surface area contributed by atoms with Crippen LogP contribution >= 0.6 is 50.7 Å². The molecular formula is C20H17BrCl3N3O2. The summed E-state index contributed by atoms with van der Waals surface area (Å²) in [6.07, 6.45) is 0.180. The predicted octanol–water partition coefficient (Wildman–Crippen LogP) is 4.86. The molecule has 0 saturated carbocycles. The van der Waals surface area contributed by atoms with E-state index in [1.807, 2.05) is 12.1 Å². The van der Waals surface area contributed by atoms with Gasteiger partial charge in [-0.3, -0.25) is 14.5 Å². The monoisotopic (exact) mass is 515 g/mol. The maximum Gasteiger partial charge on any atom is 0.251 e. The number of anilines is 2. The van der Waals surface area contributed by atoms with Crippen LogP contribution in [0.4, 0.5) is 11.4 Å². The van der Waals surface area contributed by atoms with E-state index in [0.29, 0.717) is 33.8 Å². The number of carbonyl (C=O) groups is 2. The Balaban J connectivity index is 1.45. The summed E-state index contributed by atoms with van der Waals surface area (Å²) in [6, 6.07) is 10.2. The minimum Gasteiger partial charge on any atom is -0.369 e. The van der Waals surface area contributed by atoms with Gasteiger partial charge in [0.05, 0.1) is 33.2 Å². The second kappa shape index (κ2) is 8.44. The Bertz CT molecular complexity index is 979. The highest BCUT2D eigenvalue weighted by atomic mass is 79.9. The van der Waals surface area contributed by atoms with Gasteiger partial charge in [-0.15, -0.1) is 0 Å². The second-order valence-electron chi connectivity index (χ2n) is 7.01. The van der Waals surface area contributed by atoms with Crippen molar-refractivity contribution in [2.75, 3.05) is 36.0 Å². The van der Waals surface area contributed by atoms with Crippen LogP contribution in [-0.4, -0.2) is 48.9 Å². The van der Waals surface area contributed by atoms with Crippen molar-refractivity contribution in [3.05, 3.63) is 55.9 Å². The molecule has 2 aliphatic heterocycles. The Hall–Kier alpha value is -1.31. The lowest BCUT2D eigenvalue weighted by atomic mass is 10.1. The van der Waals surface area contributed by atoms with Gasteiger partial charge in [0.15, 0.2) is 0 Å². The van der Waals surface area contributed by atoms with Crippen LogP contribution in [0.25, 0.3) is 0 Å². The first-order valence-corrected chi connectivity index (χ1v) is 11.0. The van der Waals surface area contributed by atoms with Crippen molar-refractivity contribution in [1.29, 1.82) is 0 Å². The number of hydrogen-bond acceptors (Lipinski definition) is 4. The fraction of sp³-hybridized carbons (Fsp3) is 0.300. The van der Waals surface area contributed by atoms with E-state index in [9.17, 15) is 9.59 Å². The summed E-state index contributed by atoms with van der Waals surface area (Å²) in [5.74, 6) is -0.401. The van der Waals surface area contributed by atoms with Gasteiger partial charge >= 0.3 is 0 Å². The number of amides is 2. The summed E-state index contributed by atoms with van der Waals surface area (Å²) in [7, 11) is 0. The van der Waals surface area contributed by atoms with Gasteiger partial charge < -0.3 is 4.90 Å². The molecule has 2 aromatic carbocycles. The standard InChI is InChI=1S/C20H17BrCl3N3O2/c21-14-3-1-13(10-16(14)23)27-19(28)11-18(20(27)29)26-7-5-25(6-8-26)12-2-4-15(22)17(24)9-12/h1-4,9-10,18H,5-8,11H2/t18-/m0/s1. The van der Waals surface area contributed by atoms with E-state index >= 15 is 0 Å².